The molecule has 0 atom stereocenters. The van der Waals surface area contributed by atoms with Crippen LogP contribution in [0, 0.1) is 0 Å². The highest BCUT2D eigenvalue weighted by molar-refractivity contribution is 5.67. The Bertz CT molecular complexity index is 714. The summed E-state index contributed by atoms with van der Waals surface area (Å²) in [6, 6.07) is 10.2. The Morgan fingerprint density at radius 2 is 1.89 bits per heavy atom. The molecular weight excluding hydrogens is 228 g/mol. The average molecular weight is 240 g/mol. The summed E-state index contributed by atoms with van der Waals surface area (Å²) in [5, 5.41) is 0. The number of aryl methyl sites for hydroxylation is 2. The van der Waals surface area contributed by atoms with Crippen LogP contribution in [0.2, 0.25) is 0 Å². The Balaban J connectivity index is 1.80. The third kappa shape index (κ3) is 2.15. The summed E-state index contributed by atoms with van der Waals surface area (Å²) in [5.74, 6) is 0.738. The van der Waals surface area contributed by atoms with Crippen molar-refractivity contribution in [3.8, 4) is 0 Å². The van der Waals surface area contributed by atoms with Gasteiger partial charge in [-0.15, -0.1) is 0 Å². The van der Waals surface area contributed by atoms with Crippen molar-refractivity contribution in [1.29, 1.82) is 0 Å². The molecule has 2 aromatic heterocycles. The van der Waals surface area contributed by atoms with E-state index < -0.39 is 0 Å². The summed E-state index contributed by atoms with van der Waals surface area (Å²) in [6.07, 6.45) is 3.29. The van der Waals surface area contributed by atoms with Gasteiger partial charge in [0, 0.05) is 6.42 Å². The van der Waals surface area contributed by atoms with Gasteiger partial charge in [-0.2, -0.15) is 0 Å². The molecule has 0 spiro atoms. The molecule has 5 nitrogen and oxygen atoms in total. The molecule has 2 N–H and O–H groups in total. The first kappa shape index (κ1) is 10.7. The van der Waals surface area contributed by atoms with Gasteiger partial charge in [0.15, 0.2) is 5.65 Å². The molecule has 0 fully saturated rings. The van der Waals surface area contributed by atoms with E-state index in [4.69, 9.17) is 0 Å². The van der Waals surface area contributed by atoms with Crippen molar-refractivity contribution in [2.75, 3.05) is 0 Å². The number of hydrogen-bond donors (Lipinski definition) is 2. The van der Waals surface area contributed by atoms with E-state index in [1.54, 1.807) is 6.20 Å². The van der Waals surface area contributed by atoms with Crippen molar-refractivity contribution in [2.45, 2.75) is 12.8 Å². The number of hydrogen-bond acceptors (Lipinski definition) is 3. The quantitative estimate of drug-likeness (QED) is 0.727. The SMILES string of the molecule is O=c1[nH]c2cnc(CCc3ccccc3)nc2[nH]1. The summed E-state index contributed by atoms with van der Waals surface area (Å²) in [6.45, 7) is 0. The summed E-state index contributed by atoms with van der Waals surface area (Å²) < 4.78 is 0. The van der Waals surface area contributed by atoms with E-state index in [2.05, 4.69) is 32.1 Å². The average Bonchev–Trinajstić information content (AvgIpc) is 2.77. The third-order valence-electron chi connectivity index (χ3n) is 2.80. The van der Waals surface area contributed by atoms with Crippen LogP contribution in [0.1, 0.15) is 11.4 Å². The van der Waals surface area contributed by atoms with Crippen molar-refractivity contribution < 1.29 is 0 Å². The topological polar surface area (TPSA) is 74.4 Å². The molecule has 0 radical (unpaired) electrons. The van der Waals surface area contributed by atoms with Crippen molar-refractivity contribution in [1.82, 2.24) is 19.9 Å². The van der Waals surface area contributed by atoms with E-state index in [-0.39, 0.29) is 5.69 Å². The molecule has 0 aliphatic rings. The highest BCUT2D eigenvalue weighted by Crippen LogP contribution is 2.06. The van der Waals surface area contributed by atoms with Crippen molar-refractivity contribution in [3.63, 3.8) is 0 Å². The minimum atomic E-state index is -0.250. The summed E-state index contributed by atoms with van der Waals surface area (Å²) >= 11 is 0. The van der Waals surface area contributed by atoms with Gasteiger partial charge in [0.1, 0.15) is 11.3 Å². The number of benzene rings is 1. The van der Waals surface area contributed by atoms with Gasteiger partial charge in [0.2, 0.25) is 0 Å². The first-order valence-electron chi connectivity index (χ1n) is 5.79. The van der Waals surface area contributed by atoms with Crippen LogP contribution in [0.3, 0.4) is 0 Å². The van der Waals surface area contributed by atoms with Gasteiger partial charge in [0.25, 0.3) is 0 Å². The van der Waals surface area contributed by atoms with E-state index in [0.29, 0.717) is 11.2 Å². The van der Waals surface area contributed by atoms with Gasteiger partial charge in [-0.3, -0.25) is 4.98 Å². The van der Waals surface area contributed by atoms with Gasteiger partial charge in [-0.05, 0) is 12.0 Å². The molecular formula is C13H12N4O. The van der Waals surface area contributed by atoms with Gasteiger partial charge in [0.05, 0.1) is 6.20 Å². The van der Waals surface area contributed by atoms with Crippen LogP contribution in [-0.2, 0) is 12.8 Å². The number of fused-ring (bicyclic) bond motifs is 1. The lowest BCUT2D eigenvalue weighted by molar-refractivity contribution is 0.867. The second-order valence-electron chi connectivity index (χ2n) is 4.11. The summed E-state index contributed by atoms with van der Waals surface area (Å²) in [5.41, 5.74) is 2.21. The van der Waals surface area contributed by atoms with E-state index in [9.17, 15) is 4.79 Å². The van der Waals surface area contributed by atoms with Crippen LogP contribution in [0.5, 0.6) is 0 Å². The van der Waals surface area contributed by atoms with Gasteiger partial charge in [-0.1, -0.05) is 30.3 Å². The molecule has 0 saturated heterocycles. The normalized spacial score (nSPS) is 10.9. The summed E-state index contributed by atoms with van der Waals surface area (Å²) in [4.78, 5) is 24.9. The molecule has 18 heavy (non-hydrogen) atoms. The monoisotopic (exact) mass is 240 g/mol. The zero-order valence-corrected chi connectivity index (χ0v) is 9.68. The highest BCUT2D eigenvalue weighted by Gasteiger charge is 2.03. The fourth-order valence-electron chi connectivity index (χ4n) is 1.89. The third-order valence-corrected chi connectivity index (χ3v) is 2.80. The lowest BCUT2D eigenvalue weighted by atomic mass is 10.1. The highest BCUT2D eigenvalue weighted by atomic mass is 16.1. The number of H-pyrrole nitrogens is 2. The number of aromatic amines is 2. The van der Waals surface area contributed by atoms with E-state index >= 15 is 0 Å². The van der Waals surface area contributed by atoms with Gasteiger partial charge < -0.3 is 4.98 Å². The predicted molar refractivity (Wildman–Crippen MR) is 68.4 cm³/mol. The molecule has 1 aromatic carbocycles. The second-order valence-corrected chi connectivity index (χ2v) is 4.11. The number of nitrogens with zero attached hydrogens (tertiary/aromatic N) is 2. The Labute approximate surface area is 103 Å². The largest absolute Gasteiger partial charge is 0.325 e. The molecule has 0 bridgehead atoms. The first-order valence-corrected chi connectivity index (χ1v) is 5.79. The van der Waals surface area contributed by atoms with Crippen LogP contribution in [0.15, 0.2) is 41.3 Å². The molecule has 0 amide bonds. The van der Waals surface area contributed by atoms with Crippen molar-refractivity contribution in [2.24, 2.45) is 0 Å². The first-order chi connectivity index (χ1) is 8.81. The Hall–Kier alpha value is -2.43. The van der Waals surface area contributed by atoms with Gasteiger partial charge >= 0.3 is 5.69 Å². The molecule has 5 heteroatoms. The minimum absolute atomic E-state index is 0.250. The maximum absolute atomic E-state index is 11.1. The van der Waals surface area contributed by atoms with Crippen LogP contribution in [0.4, 0.5) is 0 Å². The Morgan fingerprint density at radius 1 is 1.06 bits per heavy atom. The number of nitrogens with one attached hydrogen (secondary N) is 2. The number of rotatable bonds is 3. The van der Waals surface area contributed by atoms with Crippen LogP contribution in [-0.4, -0.2) is 19.9 Å². The fraction of sp³-hybridized carbons (Fsp3) is 0.154. The van der Waals surface area contributed by atoms with E-state index in [1.807, 2.05) is 18.2 Å². The zero-order chi connectivity index (χ0) is 12.4. The van der Waals surface area contributed by atoms with Crippen LogP contribution >= 0.6 is 0 Å². The number of imidazole rings is 1. The molecule has 3 aromatic rings. The van der Waals surface area contributed by atoms with E-state index in [0.717, 1.165) is 18.7 Å². The minimum Gasteiger partial charge on any atom is -0.303 e. The van der Waals surface area contributed by atoms with Crippen molar-refractivity contribution in [3.05, 3.63) is 58.4 Å². The molecule has 0 saturated carbocycles. The lowest BCUT2D eigenvalue weighted by Gasteiger charge is -2.00. The van der Waals surface area contributed by atoms with Gasteiger partial charge in [-0.25, -0.2) is 14.8 Å². The maximum Gasteiger partial charge on any atom is 0.325 e. The molecule has 0 aliphatic heterocycles. The standard InChI is InChI=1S/C13H12N4O/c18-13-15-10-8-14-11(16-12(10)17-13)7-6-9-4-2-1-3-5-9/h1-5,8H,6-7H2,(H2,14,15,16,17,18). The molecule has 0 aliphatic carbocycles. The van der Waals surface area contributed by atoms with Crippen molar-refractivity contribution >= 4 is 11.2 Å². The Kier molecular flexibility index (Phi) is 2.64. The second kappa shape index (κ2) is 4.44. The Morgan fingerprint density at radius 3 is 2.72 bits per heavy atom. The molecule has 0 unspecified atom stereocenters. The maximum atomic E-state index is 11.1. The van der Waals surface area contributed by atoms with Crippen LogP contribution < -0.4 is 5.69 Å². The van der Waals surface area contributed by atoms with Crippen LogP contribution in [0.25, 0.3) is 11.2 Å². The summed E-state index contributed by atoms with van der Waals surface area (Å²) in [7, 11) is 0. The lowest BCUT2D eigenvalue weighted by Crippen LogP contribution is -2.00. The zero-order valence-electron chi connectivity index (χ0n) is 9.68. The fourth-order valence-corrected chi connectivity index (χ4v) is 1.89. The molecule has 3 rings (SSSR count). The molecule has 2 heterocycles. The molecule has 90 valence electrons. The smallest absolute Gasteiger partial charge is 0.303 e. The predicted octanol–water partition coefficient (Wildman–Crippen LogP) is 1.43. The number of aromatic nitrogens is 4. The van der Waals surface area contributed by atoms with E-state index in [1.165, 1.54) is 5.56 Å².